The van der Waals surface area contributed by atoms with Crippen LogP contribution in [-0.2, 0) is 4.43 Å². The average Bonchev–Trinajstić information content (AvgIpc) is 1.65. The quantitative estimate of drug-likeness (QED) is 0.498. The molecule has 0 spiro atoms. The zero-order chi connectivity index (χ0) is 6.04. The van der Waals surface area contributed by atoms with E-state index in [1.165, 1.54) is 18.9 Å². The Morgan fingerprint density at radius 1 is 1.22 bits per heavy atom. The maximum absolute atomic E-state index is 5.60. The number of hydrogen-bond donors (Lipinski definition) is 0. The van der Waals surface area contributed by atoms with Gasteiger partial charge in [0.25, 0.3) is 0 Å². The Bertz CT molecular complexity index is 77.1. The van der Waals surface area contributed by atoms with Gasteiger partial charge in [0, 0.05) is 6.61 Å². The lowest BCUT2D eigenvalue weighted by Crippen LogP contribution is -2.33. The largest absolute Gasteiger partial charge is 0.417 e. The van der Waals surface area contributed by atoms with E-state index in [-0.39, 0.29) is 13.5 Å². The summed E-state index contributed by atoms with van der Waals surface area (Å²) in [6.45, 7) is 5.62. The van der Waals surface area contributed by atoms with Crippen LogP contribution < -0.4 is 0 Å². The van der Waals surface area contributed by atoms with Crippen LogP contribution in [-0.4, -0.2) is 14.9 Å². The van der Waals surface area contributed by atoms with Crippen molar-refractivity contribution in [3.8, 4) is 0 Å². The van der Waals surface area contributed by atoms with E-state index in [1.54, 1.807) is 0 Å². The molecular formula is C6H16OSSi. The summed E-state index contributed by atoms with van der Waals surface area (Å²) in [5, 5.41) is 0. The van der Waals surface area contributed by atoms with Crippen LogP contribution in [0.1, 0.15) is 12.8 Å². The van der Waals surface area contributed by atoms with Crippen molar-refractivity contribution in [2.24, 2.45) is 0 Å². The molecule has 1 heterocycles. The lowest BCUT2D eigenvalue weighted by atomic mass is 10.4. The van der Waals surface area contributed by atoms with Crippen molar-refractivity contribution in [2.75, 3.05) is 6.61 Å². The predicted octanol–water partition coefficient (Wildman–Crippen LogP) is 2.11. The third-order valence-electron chi connectivity index (χ3n) is 1.67. The monoisotopic (exact) mass is 164 g/mol. The molecule has 0 atom stereocenters. The molecule has 0 unspecified atom stereocenters. The van der Waals surface area contributed by atoms with Crippen LogP contribution in [0.4, 0.5) is 0 Å². The van der Waals surface area contributed by atoms with Gasteiger partial charge in [0.15, 0.2) is 8.32 Å². The van der Waals surface area contributed by atoms with Crippen molar-refractivity contribution in [2.45, 2.75) is 32.0 Å². The Balaban J connectivity index is 0.000000640. The highest BCUT2D eigenvalue weighted by Gasteiger charge is 2.24. The Hall–Kier alpha value is 0.527. The van der Waals surface area contributed by atoms with Crippen LogP contribution in [0.2, 0.25) is 19.1 Å². The smallest absolute Gasteiger partial charge is 0.186 e. The van der Waals surface area contributed by atoms with Crippen molar-refractivity contribution in [1.82, 2.24) is 0 Å². The van der Waals surface area contributed by atoms with Crippen LogP contribution >= 0.6 is 13.5 Å². The van der Waals surface area contributed by atoms with Gasteiger partial charge in [-0.1, -0.05) is 6.42 Å². The molecule has 0 aliphatic carbocycles. The topological polar surface area (TPSA) is 9.23 Å². The van der Waals surface area contributed by atoms with Gasteiger partial charge in [-0.2, -0.15) is 13.5 Å². The Labute approximate surface area is 65.4 Å². The molecule has 1 aliphatic heterocycles. The highest BCUT2D eigenvalue weighted by Crippen LogP contribution is 2.20. The standard InChI is InChI=1S/C6H14OSi.H2S/c1-8(2)6-4-3-5-7-8;/h3-6H2,1-2H3;1H2. The van der Waals surface area contributed by atoms with E-state index in [9.17, 15) is 0 Å². The molecule has 0 aromatic carbocycles. The average molecular weight is 164 g/mol. The lowest BCUT2D eigenvalue weighted by Gasteiger charge is -2.27. The molecule has 1 aliphatic rings. The third kappa shape index (κ3) is 3.28. The summed E-state index contributed by atoms with van der Waals surface area (Å²) >= 11 is 0. The van der Waals surface area contributed by atoms with Crippen molar-refractivity contribution in [3.05, 3.63) is 0 Å². The molecule has 0 bridgehead atoms. The third-order valence-corrected chi connectivity index (χ3v) is 4.21. The maximum atomic E-state index is 5.60. The Kier molecular flexibility index (Phi) is 3.85. The van der Waals surface area contributed by atoms with Gasteiger partial charge in [-0.25, -0.2) is 0 Å². The van der Waals surface area contributed by atoms with E-state index in [1.807, 2.05) is 0 Å². The van der Waals surface area contributed by atoms with Gasteiger partial charge in [-0.3, -0.25) is 0 Å². The molecule has 3 heteroatoms. The van der Waals surface area contributed by atoms with Gasteiger partial charge >= 0.3 is 0 Å². The first kappa shape index (κ1) is 9.53. The molecule has 0 aromatic rings. The van der Waals surface area contributed by atoms with E-state index in [0.29, 0.717) is 0 Å². The van der Waals surface area contributed by atoms with E-state index in [4.69, 9.17) is 4.43 Å². The normalized spacial score (nSPS) is 24.7. The fraction of sp³-hybridized carbons (Fsp3) is 1.00. The minimum absolute atomic E-state index is 0. The lowest BCUT2D eigenvalue weighted by molar-refractivity contribution is 0.275. The maximum Gasteiger partial charge on any atom is 0.186 e. The van der Waals surface area contributed by atoms with Gasteiger partial charge < -0.3 is 4.43 Å². The summed E-state index contributed by atoms with van der Waals surface area (Å²) in [5.41, 5.74) is 0. The molecular weight excluding hydrogens is 148 g/mol. The second-order valence-corrected chi connectivity index (χ2v) is 7.37. The molecule has 1 fully saturated rings. The minimum atomic E-state index is -1.09. The summed E-state index contributed by atoms with van der Waals surface area (Å²) in [6.07, 6.45) is 2.69. The first-order chi connectivity index (χ1) is 3.71. The van der Waals surface area contributed by atoms with Crippen LogP contribution in [0.3, 0.4) is 0 Å². The van der Waals surface area contributed by atoms with E-state index in [0.717, 1.165) is 6.61 Å². The van der Waals surface area contributed by atoms with Crippen molar-refractivity contribution in [3.63, 3.8) is 0 Å². The Morgan fingerprint density at radius 3 is 2.11 bits per heavy atom. The molecule has 0 amide bonds. The molecule has 1 rings (SSSR count). The SMILES string of the molecule is C[Si]1(C)CCCCO1.S. The zero-order valence-electron chi connectivity index (χ0n) is 6.24. The van der Waals surface area contributed by atoms with Gasteiger partial charge in [0.1, 0.15) is 0 Å². The van der Waals surface area contributed by atoms with Gasteiger partial charge in [-0.05, 0) is 25.6 Å². The van der Waals surface area contributed by atoms with E-state index < -0.39 is 8.32 Å². The fourth-order valence-electron chi connectivity index (χ4n) is 1.07. The molecule has 9 heavy (non-hydrogen) atoms. The van der Waals surface area contributed by atoms with Crippen LogP contribution in [0.5, 0.6) is 0 Å². The molecule has 1 nitrogen and oxygen atoms in total. The number of rotatable bonds is 0. The molecule has 1 saturated heterocycles. The molecule has 0 saturated carbocycles. The summed E-state index contributed by atoms with van der Waals surface area (Å²) in [7, 11) is -1.09. The van der Waals surface area contributed by atoms with Crippen molar-refractivity contribution in [1.29, 1.82) is 0 Å². The summed E-state index contributed by atoms with van der Waals surface area (Å²) < 4.78 is 5.60. The highest BCUT2D eigenvalue weighted by atomic mass is 32.1. The number of hydrogen-bond acceptors (Lipinski definition) is 1. The van der Waals surface area contributed by atoms with Gasteiger partial charge in [0.2, 0.25) is 0 Å². The molecule has 0 aromatic heterocycles. The van der Waals surface area contributed by atoms with Gasteiger partial charge in [0.05, 0.1) is 0 Å². The fourth-order valence-corrected chi connectivity index (χ4v) is 3.02. The summed E-state index contributed by atoms with van der Waals surface area (Å²) in [5.74, 6) is 0. The van der Waals surface area contributed by atoms with Crippen LogP contribution in [0.15, 0.2) is 0 Å². The first-order valence-electron chi connectivity index (χ1n) is 3.35. The zero-order valence-corrected chi connectivity index (χ0v) is 8.24. The van der Waals surface area contributed by atoms with Crippen molar-refractivity contribution < 1.29 is 4.43 Å². The summed E-state index contributed by atoms with van der Waals surface area (Å²) in [6, 6.07) is 1.37. The van der Waals surface area contributed by atoms with Crippen LogP contribution in [0, 0.1) is 0 Å². The Morgan fingerprint density at radius 2 is 1.89 bits per heavy atom. The van der Waals surface area contributed by atoms with E-state index in [2.05, 4.69) is 13.1 Å². The van der Waals surface area contributed by atoms with E-state index >= 15 is 0 Å². The molecule has 0 N–H and O–H groups in total. The minimum Gasteiger partial charge on any atom is -0.417 e. The second kappa shape index (κ2) is 3.64. The van der Waals surface area contributed by atoms with Crippen molar-refractivity contribution >= 4 is 21.8 Å². The van der Waals surface area contributed by atoms with Gasteiger partial charge in [-0.15, -0.1) is 0 Å². The molecule has 0 radical (unpaired) electrons. The summed E-state index contributed by atoms with van der Waals surface area (Å²) in [4.78, 5) is 0. The van der Waals surface area contributed by atoms with Crippen LogP contribution in [0.25, 0.3) is 0 Å². The first-order valence-corrected chi connectivity index (χ1v) is 6.46. The second-order valence-electron chi connectivity index (χ2n) is 3.07. The molecule has 56 valence electrons. The highest BCUT2D eigenvalue weighted by molar-refractivity contribution is 7.59. The predicted molar refractivity (Wildman–Crippen MR) is 47.9 cm³/mol.